The van der Waals surface area contributed by atoms with Gasteiger partial charge >= 0.3 is 6.03 Å². The number of nitrogens with zero attached hydrogens (tertiary/aromatic N) is 2. The van der Waals surface area contributed by atoms with E-state index in [0.717, 1.165) is 58.0 Å². The molecule has 0 aliphatic carbocycles. The van der Waals surface area contributed by atoms with Crippen LogP contribution in [-0.2, 0) is 4.74 Å². The summed E-state index contributed by atoms with van der Waals surface area (Å²) in [6.07, 6.45) is 2.15. The van der Waals surface area contributed by atoms with Crippen LogP contribution in [0.2, 0.25) is 0 Å². The number of amides is 2. The van der Waals surface area contributed by atoms with Crippen molar-refractivity contribution in [3.05, 3.63) is 29.8 Å². The predicted molar refractivity (Wildman–Crippen MR) is 102 cm³/mol. The quantitative estimate of drug-likeness (QED) is 0.645. The van der Waals surface area contributed by atoms with Gasteiger partial charge in [-0.1, -0.05) is 17.7 Å². The van der Waals surface area contributed by atoms with Gasteiger partial charge in [0.1, 0.15) is 0 Å². The summed E-state index contributed by atoms with van der Waals surface area (Å²) in [7, 11) is 0. The molecule has 0 atom stereocenters. The van der Waals surface area contributed by atoms with E-state index in [-0.39, 0.29) is 6.03 Å². The summed E-state index contributed by atoms with van der Waals surface area (Å²) in [6.45, 7) is 8.29. The van der Waals surface area contributed by atoms with E-state index in [1.54, 1.807) is 11.8 Å². The van der Waals surface area contributed by atoms with Gasteiger partial charge in [-0.25, -0.2) is 4.79 Å². The van der Waals surface area contributed by atoms with Crippen LogP contribution in [0.1, 0.15) is 18.4 Å². The SMILES string of the molecule is Cc1ccc(SCCNC(=O)N2CCC(N3CCOCC3)CC2)cc1. The topological polar surface area (TPSA) is 44.8 Å². The van der Waals surface area contributed by atoms with Gasteiger partial charge in [-0.15, -0.1) is 11.8 Å². The molecule has 0 aromatic heterocycles. The second-order valence-electron chi connectivity index (χ2n) is 6.76. The number of ether oxygens (including phenoxy) is 1. The van der Waals surface area contributed by atoms with Crippen molar-refractivity contribution in [2.75, 3.05) is 51.7 Å². The van der Waals surface area contributed by atoms with Gasteiger partial charge in [0.2, 0.25) is 0 Å². The van der Waals surface area contributed by atoms with E-state index >= 15 is 0 Å². The van der Waals surface area contributed by atoms with Crippen molar-refractivity contribution in [2.45, 2.75) is 30.7 Å². The maximum absolute atomic E-state index is 12.3. The van der Waals surface area contributed by atoms with Gasteiger partial charge in [0.15, 0.2) is 0 Å². The normalized spacial score (nSPS) is 19.8. The van der Waals surface area contributed by atoms with Crippen LogP contribution in [0.4, 0.5) is 4.79 Å². The van der Waals surface area contributed by atoms with Crippen molar-refractivity contribution in [3.63, 3.8) is 0 Å². The molecule has 0 bridgehead atoms. The lowest BCUT2D eigenvalue weighted by Gasteiger charge is -2.40. The van der Waals surface area contributed by atoms with E-state index in [2.05, 4.69) is 41.4 Å². The lowest BCUT2D eigenvalue weighted by atomic mass is 10.0. The standard InChI is InChI=1S/C19H29N3O2S/c1-16-2-4-18(5-3-16)25-15-8-20-19(23)22-9-6-17(7-10-22)21-11-13-24-14-12-21/h2-5,17H,6-15H2,1H3,(H,20,23). The first-order valence-electron chi connectivity index (χ1n) is 9.26. The molecule has 2 fully saturated rings. The van der Waals surface area contributed by atoms with Crippen molar-refractivity contribution >= 4 is 17.8 Å². The van der Waals surface area contributed by atoms with Gasteiger partial charge in [-0.2, -0.15) is 0 Å². The zero-order valence-corrected chi connectivity index (χ0v) is 15.9. The molecule has 1 aromatic carbocycles. The van der Waals surface area contributed by atoms with Gasteiger partial charge in [0.25, 0.3) is 0 Å². The second-order valence-corrected chi connectivity index (χ2v) is 7.93. The number of nitrogens with one attached hydrogen (secondary N) is 1. The van der Waals surface area contributed by atoms with Crippen LogP contribution >= 0.6 is 11.8 Å². The number of piperidine rings is 1. The zero-order valence-electron chi connectivity index (χ0n) is 15.1. The number of morpholine rings is 1. The number of likely N-dealkylation sites (tertiary alicyclic amines) is 1. The third kappa shape index (κ3) is 5.62. The van der Waals surface area contributed by atoms with Crippen LogP contribution in [0.3, 0.4) is 0 Å². The number of thioether (sulfide) groups is 1. The van der Waals surface area contributed by atoms with Crippen molar-refractivity contribution in [2.24, 2.45) is 0 Å². The summed E-state index contributed by atoms with van der Waals surface area (Å²) in [5.74, 6) is 0.902. The third-order valence-corrected chi connectivity index (χ3v) is 6.00. The number of hydrogen-bond acceptors (Lipinski definition) is 4. The molecule has 5 nitrogen and oxygen atoms in total. The van der Waals surface area contributed by atoms with Gasteiger partial charge < -0.3 is 15.0 Å². The van der Waals surface area contributed by atoms with Crippen LogP contribution < -0.4 is 5.32 Å². The molecule has 0 unspecified atom stereocenters. The van der Waals surface area contributed by atoms with Crippen molar-refractivity contribution in [1.82, 2.24) is 15.1 Å². The molecule has 0 spiro atoms. The Morgan fingerprint density at radius 1 is 1.16 bits per heavy atom. The molecule has 1 aromatic rings. The molecule has 2 aliphatic heterocycles. The largest absolute Gasteiger partial charge is 0.379 e. The Kier molecular flexibility index (Phi) is 7.02. The van der Waals surface area contributed by atoms with Crippen LogP contribution in [0, 0.1) is 6.92 Å². The molecule has 0 saturated carbocycles. The van der Waals surface area contributed by atoms with Crippen molar-refractivity contribution in [1.29, 1.82) is 0 Å². The van der Waals surface area contributed by atoms with Gasteiger partial charge in [-0.05, 0) is 31.9 Å². The Balaban J connectivity index is 1.31. The summed E-state index contributed by atoms with van der Waals surface area (Å²) in [6, 6.07) is 9.23. The number of carbonyl (C=O) groups excluding carboxylic acids is 1. The number of benzene rings is 1. The number of aryl methyl sites for hydroxylation is 1. The summed E-state index contributed by atoms with van der Waals surface area (Å²) in [5.41, 5.74) is 1.28. The smallest absolute Gasteiger partial charge is 0.317 e. The molecule has 2 heterocycles. The van der Waals surface area contributed by atoms with Gasteiger partial charge in [-0.3, -0.25) is 4.90 Å². The molecule has 25 heavy (non-hydrogen) atoms. The molecular formula is C19H29N3O2S. The molecule has 6 heteroatoms. The van der Waals surface area contributed by atoms with E-state index in [0.29, 0.717) is 12.6 Å². The second kappa shape index (κ2) is 9.46. The maximum atomic E-state index is 12.3. The molecule has 2 amide bonds. The minimum Gasteiger partial charge on any atom is -0.379 e. The third-order valence-electron chi connectivity index (χ3n) is 4.98. The minimum absolute atomic E-state index is 0.0879. The highest BCUT2D eigenvalue weighted by molar-refractivity contribution is 7.99. The number of rotatable bonds is 5. The lowest BCUT2D eigenvalue weighted by Crippen LogP contribution is -2.52. The van der Waals surface area contributed by atoms with Crippen LogP contribution in [0.25, 0.3) is 0 Å². The minimum atomic E-state index is 0.0879. The molecule has 2 saturated heterocycles. The predicted octanol–water partition coefficient (Wildman–Crippen LogP) is 2.59. The Labute approximate surface area is 155 Å². The van der Waals surface area contributed by atoms with Gasteiger partial charge in [0, 0.05) is 49.4 Å². The Morgan fingerprint density at radius 2 is 1.84 bits per heavy atom. The first-order chi connectivity index (χ1) is 12.2. The fourth-order valence-corrected chi connectivity index (χ4v) is 4.22. The molecule has 138 valence electrons. The summed E-state index contributed by atoms with van der Waals surface area (Å²) in [5, 5.41) is 3.06. The molecule has 1 N–H and O–H groups in total. The number of urea groups is 1. The number of carbonyl (C=O) groups is 1. The van der Waals surface area contributed by atoms with Crippen LogP contribution in [-0.4, -0.2) is 73.6 Å². The lowest BCUT2D eigenvalue weighted by molar-refractivity contribution is 0.00382. The fraction of sp³-hybridized carbons (Fsp3) is 0.632. The zero-order chi connectivity index (χ0) is 17.5. The summed E-state index contributed by atoms with van der Waals surface area (Å²) in [4.78, 5) is 18.1. The first-order valence-corrected chi connectivity index (χ1v) is 10.2. The van der Waals surface area contributed by atoms with E-state index < -0.39 is 0 Å². The highest BCUT2D eigenvalue weighted by Gasteiger charge is 2.27. The van der Waals surface area contributed by atoms with E-state index in [4.69, 9.17) is 4.74 Å². The maximum Gasteiger partial charge on any atom is 0.317 e. The highest BCUT2D eigenvalue weighted by atomic mass is 32.2. The average Bonchev–Trinajstić information content (AvgIpc) is 2.67. The van der Waals surface area contributed by atoms with Gasteiger partial charge in [0.05, 0.1) is 13.2 Å². The Bertz CT molecular complexity index is 538. The Hall–Kier alpha value is -1.24. The average molecular weight is 364 g/mol. The summed E-state index contributed by atoms with van der Waals surface area (Å²) < 4.78 is 5.42. The van der Waals surface area contributed by atoms with E-state index in [1.165, 1.54) is 10.5 Å². The first kappa shape index (κ1) is 18.5. The van der Waals surface area contributed by atoms with Crippen LogP contribution in [0.5, 0.6) is 0 Å². The Morgan fingerprint density at radius 3 is 2.52 bits per heavy atom. The molecule has 0 radical (unpaired) electrons. The fourth-order valence-electron chi connectivity index (χ4n) is 3.45. The summed E-state index contributed by atoms with van der Waals surface area (Å²) >= 11 is 1.79. The number of hydrogen-bond donors (Lipinski definition) is 1. The van der Waals surface area contributed by atoms with Crippen molar-refractivity contribution < 1.29 is 9.53 Å². The van der Waals surface area contributed by atoms with Crippen LogP contribution in [0.15, 0.2) is 29.2 Å². The molecule has 3 rings (SSSR count). The van der Waals surface area contributed by atoms with Crippen molar-refractivity contribution in [3.8, 4) is 0 Å². The van der Waals surface area contributed by atoms with E-state index in [1.807, 2.05) is 4.90 Å². The highest BCUT2D eigenvalue weighted by Crippen LogP contribution is 2.19. The van der Waals surface area contributed by atoms with E-state index in [9.17, 15) is 4.79 Å². The molecule has 2 aliphatic rings. The molecular weight excluding hydrogens is 334 g/mol. The monoisotopic (exact) mass is 363 g/mol.